The van der Waals surface area contributed by atoms with Gasteiger partial charge in [-0.3, -0.25) is 0 Å². The molecule has 1 heterocycles. The van der Waals surface area contributed by atoms with E-state index in [1.54, 1.807) is 6.08 Å². The number of hydrogen-bond donors (Lipinski definition) is 0. The number of nitriles is 1. The molecule has 1 aliphatic rings. The molecule has 0 aromatic heterocycles. The summed E-state index contributed by atoms with van der Waals surface area (Å²) in [6.07, 6.45) is 4.10. The van der Waals surface area contributed by atoms with Crippen molar-refractivity contribution < 1.29 is 0 Å². The van der Waals surface area contributed by atoms with E-state index < -0.39 is 0 Å². The molecule has 0 bridgehead atoms. The third-order valence-electron chi connectivity index (χ3n) is 3.13. The topological polar surface area (TPSA) is 27.0 Å². The van der Waals surface area contributed by atoms with Crippen LogP contribution in [0.5, 0.6) is 0 Å². The van der Waals surface area contributed by atoms with E-state index in [0.717, 1.165) is 17.8 Å². The highest BCUT2D eigenvalue weighted by Gasteiger charge is 2.22. The van der Waals surface area contributed by atoms with Crippen molar-refractivity contribution in [2.45, 2.75) is 25.8 Å². The largest absolute Gasteiger partial charge is 0.368 e. The zero-order chi connectivity index (χ0) is 11.4. The summed E-state index contributed by atoms with van der Waals surface area (Å²) in [5.41, 5.74) is 2.20. The Morgan fingerprint density at radius 1 is 1.44 bits per heavy atom. The summed E-state index contributed by atoms with van der Waals surface area (Å²) < 4.78 is 0. The molecule has 2 nitrogen and oxygen atoms in total. The quantitative estimate of drug-likeness (QED) is 0.704. The fourth-order valence-electron chi connectivity index (χ4n) is 2.29. The molecule has 1 aromatic rings. The molecule has 1 aromatic carbocycles. The van der Waals surface area contributed by atoms with Crippen molar-refractivity contribution in [2.75, 3.05) is 6.54 Å². The van der Waals surface area contributed by atoms with Crippen LogP contribution in [-0.4, -0.2) is 17.5 Å². The predicted molar refractivity (Wildman–Crippen MR) is 65.4 cm³/mol. The van der Waals surface area contributed by atoms with Crippen LogP contribution in [0.25, 0.3) is 5.70 Å². The molecule has 82 valence electrons. The number of hydrogen-bond acceptors (Lipinski definition) is 2. The molecule has 1 saturated heterocycles. The SMILES string of the molecule is CC1CCCN1C(=CC#N)c1ccccc1. The van der Waals surface area contributed by atoms with E-state index in [4.69, 9.17) is 5.26 Å². The van der Waals surface area contributed by atoms with Gasteiger partial charge in [0.15, 0.2) is 0 Å². The first-order valence-electron chi connectivity index (χ1n) is 5.75. The van der Waals surface area contributed by atoms with Crippen LogP contribution in [0.2, 0.25) is 0 Å². The molecule has 1 atom stereocenters. The number of nitrogens with zero attached hydrogens (tertiary/aromatic N) is 2. The minimum Gasteiger partial charge on any atom is -0.368 e. The summed E-state index contributed by atoms with van der Waals surface area (Å²) >= 11 is 0. The zero-order valence-electron chi connectivity index (χ0n) is 9.56. The lowest BCUT2D eigenvalue weighted by Gasteiger charge is -2.26. The van der Waals surface area contributed by atoms with Gasteiger partial charge in [-0.05, 0) is 25.3 Å². The van der Waals surface area contributed by atoms with Crippen LogP contribution in [0.15, 0.2) is 36.4 Å². The number of benzene rings is 1. The number of allylic oxidation sites excluding steroid dienone is 1. The van der Waals surface area contributed by atoms with E-state index in [-0.39, 0.29) is 0 Å². The summed E-state index contributed by atoms with van der Waals surface area (Å²) in [5, 5.41) is 8.89. The Labute approximate surface area is 96.8 Å². The molecule has 16 heavy (non-hydrogen) atoms. The van der Waals surface area contributed by atoms with Gasteiger partial charge in [0.25, 0.3) is 0 Å². The molecular weight excluding hydrogens is 196 g/mol. The molecule has 0 N–H and O–H groups in total. The lowest BCUT2D eigenvalue weighted by atomic mass is 10.1. The van der Waals surface area contributed by atoms with E-state index >= 15 is 0 Å². The highest BCUT2D eigenvalue weighted by Crippen LogP contribution is 2.27. The zero-order valence-corrected chi connectivity index (χ0v) is 9.56. The van der Waals surface area contributed by atoms with Gasteiger partial charge < -0.3 is 4.90 Å². The standard InChI is InChI=1S/C14H16N2/c1-12-6-5-11-16(12)14(9-10-15)13-7-3-2-4-8-13/h2-4,7-9,12H,5-6,11H2,1H3. The van der Waals surface area contributed by atoms with Crippen LogP contribution < -0.4 is 0 Å². The predicted octanol–water partition coefficient (Wildman–Crippen LogP) is 3.04. The van der Waals surface area contributed by atoms with Gasteiger partial charge >= 0.3 is 0 Å². The van der Waals surface area contributed by atoms with Gasteiger partial charge in [-0.25, -0.2) is 0 Å². The van der Waals surface area contributed by atoms with Gasteiger partial charge in [-0.2, -0.15) is 5.26 Å². The molecule has 0 radical (unpaired) electrons. The van der Waals surface area contributed by atoms with Gasteiger partial charge in [-0.15, -0.1) is 0 Å². The smallest absolute Gasteiger partial charge is 0.0934 e. The van der Waals surface area contributed by atoms with Crippen LogP contribution in [0, 0.1) is 11.3 Å². The molecule has 0 saturated carbocycles. The van der Waals surface area contributed by atoms with Crippen LogP contribution in [0.3, 0.4) is 0 Å². The Hall–Kier alpha value is -1.75. The van der Waals surface area contributed by atoms with Gasteiger partial charge in [0.2, 0.25) is 0 Å². The molecule has 2 heteroatoms. The normalized spacial score (nSPS) is 20.9. The van der Waals surface area contributed by atoms with Crippen molar-refractivity contribution in [3.05, 3.63) is 42.0 Å². The first kappa shape index (κ1) is 10.8. The molecule has 2 rings (SSSR count). The van der Waals surface area contributed by atoms with Crippen LogP contribution in [0.4, 0.5) is 0 Å². The Morgan fingerprint density at radius 2 is 2.19 bits per heavy atom. The number of likely N-dealkylation sites (tertiary alicyclic amines) is 1. The fraction of sp³-hybridized carbons (Fsp3) is 0.357. The Morgan fingerprint density at radius 3 is 2.75 bits per heavy atom. The minimum atomic E-state index is 0.541. The van der Waals surface area contributed by atoms with Crippen molar-refractivity contribution >= 4 is 5.70 Å². The van der Waals surface area contributed by atoms with Crippen molar-refractivity contribution in [1.82, 2.24) is 4.90 Å². The fourth-order valence-corrected chi connectivity index (χ4v) is 2.29. The van der Waals surface area contributed by atoms with Gasteiger partial charge in [0.1, 0.15) is 0 Å². The summed E-state index contributed by atoms with van der Waals surface area (Å²) in [5.74, 6) is 0. The highest BCUT2D eigenvalue weighted by atomic mass is 15.2. The van der Waals surface area contributed by atoms with Crippen molar-refractivity contribution in [3.63, 3.8) is 0 Å². The lowest BCUT2D eigenvalue weighted by Crippen LogP contribution is -2.25. The van der Waals surface area contributed by atoms with E-state index in [0.29, 0.717) is 6.04 Å². The summed E-state index contributed by atoms with van der Waals surface area (Å²) in [4.78, 5) is 2.33. The minimum absolute atomic E-state index is 0.541. The molecule has 0 spiro atoms. The third-order valence-corrected chi connectivity index (χ3v) is 3.13. The van der Waals surface area contributed by atoms with Crippen LogP contribution in [-0.2, 0) is 0 Å². The summed E-state index contributed by atoms with van der Waals surface area (Å²) in [6.45, 7) is 3.28. The lowest BCUT2D eigenvalue weighted by molar-refractivity contribution is 0.393. The van der Waals surface area contributed by atoms with E-state index in [1.165, 1.54) is 12.8 Å². The van der Waals surface area contributed by atoms with Crippen molar-refractivity contribution in [3.8, 4) is 6.07 Å². The maximum absolute atomic E-state index is 8.89. The van der Waals surface area contributed by atoms with Gasteiger partial charge in [0, 0.05) is 18.7 Å². The van der Waals surface area contributed by atoms with Gasteiger partial charge in [0.05, 0.1) is 11.8 Å². The van der Waals surface area contributed by atoms with Crippen LogP contribution >= 0.6 is 0 Å². The molecule has 1 fully saturated rings. The molecule has 1 unspecified atom stereocenters. The first-order valence-corrected chi connectivity index (χ1v) is 5.75. The van der Waals surface area contributed by atoms with Crippen molar-refractivity contribution in [2.24, 2.45) is 0 Å². The molecule has 1 aliphatic heterocycles. The Kier molecular flexibility index (Phi) is 3.26. The molecular formula is C14H16N2. The van der Waals surface area contributed by atoms with Gasteiger partial charge in [-0.1, -0.05) is 30.3 Å². The van der Waals surface area contributed by atoms with E-state index in [9.17, 15) is 0 Å². The van der Waals surface area contributed by atoms with E-state index in [1.807, 2.05) is 18.2 Å². The maximum atomic E-state index is 8.89. The van der Waals surface area contributed by atoms with Crippen molar-refractivity contribution in [1.29, 1.82) is 5.26 Å². The average Bonchev–Trinajstić information content (AvgIpc) is 2.73. The van der Waals surface area contributed by atoms with Crippen LogP contribution in [0.1, 0.15) is 25.3 Å². The monoisotopic (exact) mass is 212 g/mol. The molecule has 0 amide bonds. The second kappa shape index (κ2) is 4.85. The second-order valence-electron chi connectivity index (χ2n) is 4.21. The average molecular weight is 212 g/mol. The number of rotatable bonds is 2. The third kappa shape index (κ3) is 2.09. The first-order chi connectivity index (χ1) is 7.83. The second-order valence-corrected chi connectivity index (χ2v) is 4.21. The Bertz CT molecular complexity index is 414. The maximum Gasteiger partial charge on any atom is 0.0934 e. The summed E-state index contributed by atoms with van der Waals surface area (Å²) in [7, 11) is 0. The van der Waals surface area contributed by atoms with E-state index in [2.05, 4.69) is 30.0 Å². The molecule has 0 aliphatic carbocycles. The summed E-state index contributed by atoms with van der Waals surface area (Å²) in [6, 6.07) is 12.9. The highest BCUT2D eigenvalue weighted by molar-refractivity contribution is 5.66. The Balaban J connectivity index is 2.32.